The Morgan fingerprint density at radius 1 is 1.44 bits per heavy atom. The second-order valence-corrected chi connectivity index (χ2v) is 5.57. The lowest BCUT2D eigenvalue weighted by atomic mass is 10.0. The van der Waals surface area contributed by atoms with Gasteiger partial charge in [-0.25, -0.2) is 0 Å². The topological polar surface area (TPSA) is 46.3 Å². The molecule has 5 heteroatoms. The number of nitrogens with zero attached hydrogens (tertiary/aromatic N) is 1. The Balaban J connectivity index is 2.18. The van der Waals surface area contributed by atoms with E-state index in [-0.39, 0.29) is 11.9 Å². The quantitative estimate of drug-likeness (QED) is 0.909. The lowest BCUT2D eigenvalue weighted by Crippen LogP contribution is -2.33. The predicted molar refractivity (Wildman–Crippen MR) is 74.1 cm³/mol. The minimum Gasteiger partial charge on any atom is -0.338 e. The van der Waals surface area contributed by atoms with Crippen LogP contribution in [0.25, 0.3) is 0 Å². The summed E-state index contributed by atoms with van der Waals surface area (Å²) < 4.78 is 0. The minimum atomic E-state index is -0.103. The predicted octanol–water partition coefficient (Wildman–Crippen LogP) is 2.80. The summed E-state index contributed by atoms with van der Waals surface area (Å²) in [5, 5.41) is 0.800. The molecule has 0 radical (unpaired) electrons. The van der Waals surface area contributed by atoms with E-state index < -0.39 is 0 Å². The van der Waals surface area contributed by atoms with Crippen molar-refractivity contribution >= 4 is 29.1 Å². The van der Waals surface area contributed by atoms with Gasteiger partial charge in [0.1, 0.15) is 0 Å². The van der Waals surface area contributed by atoms with Gasteiger partial charge < -0.3 is 10.6 Å². The Hall–Kier alpha value is -0.770. The molecular formula is C13H16Cl2N2O. The molecule has 3 nitrogen and oxygen atoms in total. The van der Waals surface area contributed by atoms with Crippen LogP contribution >= 0.6 is 23.2 Å². The SMILES string of the molecule is CC(N)C1CCN(C(=O)c2c(Cl)cccc2Cl)C1. The van der Waals surface area contributed by atoms with E-state index in [1.807, 2.05) is 6.92 Å². The average Bonchev–Trinajstić information content (AvgIpc) is 2.77. The third-order valence-electron chi connectivity index (χ3n) is 3.43. The molecule has 2 rings (SSSR count). The highest BCUT2D eigenvalue weighted by Gasteiger charge is 2.30. The van der Waals surface area contributed by atoms with Crippen molar-refractivity contribution < 1.29 is 4.79 Å². The van der Waals surface area contributed by atoms with Gasteiger partial charge in [0, 0.05) is 19.1 Å². The number of hydrogen-bond acceptors (Lipinski definition) is 2. The molecule has 0 bridgehead atoms. The lowest BCUT2D eigenvalue weighted by Gasteiger charge is -2.19. The molecule has 0 spiro atoms. The average molecular weight is 287 g/mol. The number of nitrogens with two attached hydrogens (primary N) is 1. The van der Waals surface area contributed by atoms with E-state index in [9.17, 15) is 4.79 Å². The Labute approximate surface area is 117 Å². The standard InChI is InChI=1S/C13H16Cl2N2O/c1-8(16)9-5-6-17(7-9)13(18)12-10(14)3-2-4-11(12)15/h2-4,8-9H,5-7,16H2,1H3. The zero-order valence-corrected chi connectivity index (χ0v) is 11.7. The number of rotatable bonds is 2. The first-order chi connectivity index (χ1) is 8.50. The number of likely N-dealkylation sites (tertiary alicyclic amines) is 1. The first-order valence-corrected chi connectivity index (χ1v) is 6.75. The Morgan fingerprint density at radius 2 is 2.06 bits per heavy atom. The molecule has 0 aliphatic carbocycles. The molecule has 1 aromatic carbocycles. The summed E-state index contributed by atoms with van der Waals surface area (Å²) >= 11 is 12.1. The largest absolute Gasteiger partial charge is 0.338 e. The molecule has 0 aromatic heterocycles. The Bertz CT molecular complexity index is 442. The molecule has 1 amide bonds. The monoisotopic (exact) mass is 286 g/mol. The third kappa shape index (κ3) is 2.63. The van der Waals surface area contributed by atoms with Crippen molar-refractivity contribution in [1.82, 2.24) is 4.90 Å². The molecule has 1 aliphatic rings. The number of carbonyl (C=O) groups excluding carboxylic acids is 1. The van der Waals surface area contributed by atoms with E-state index in [4.69, 9.17) is 28.9 Å². The van der Waals surface area contributed by atoms with E-state index in [2.05, 4.69) is 0 Å². The van der Waals surface area contributed by atoms with Crippen molar-refractivity contribution in [3.8, 4) is 0 Å². The summed E-state index contributed by atoms with van der Waals surface area (Å²) in [4.78, 5) is 14.2. The molecule has 2 atom stereocenters. The number of hydrogen-bond donors (Lipinski definition) is 1. The molecule has 1 fully saturated rings. The maximum absolute atomic E-state index is 12.4. The number of carbonyl (C=O) groups is 1. The van der Waals surface area contributed by atoms with Gasteiger partial charge >= 0.3 is 0 Å². The van der Waals surface area contributed by atoms with E-state index in [0.717, 1.165) is 6.42 Å². The highest BCUT2D eigenvalue weighted by molar-refractivity contribution is 6.39. The molecule has 2 N–H and O–H groups in total. The van der Waals surface area contributed by atoms with E-state index in [1.54, 1.807) is 23.1 Å². The summed E-state index contributed by atoms with van der Waals surface area (Å²) in [5.41, 5.74) is 6.26. The van der Waals surface area contributed by atoms with Crippen LogP contribution in [0.15, 0.2) is 18.2 Å². The zero-order valence-electron chi connectivity index (χ0n) is 10.2. The summed E-state index contributed by atoms with van der Waals surface area (Å²) in [6, 6.07) is 5.19. The van der Waals surface area contributed by atoms with E-state index >= 15 is 0 Å². The molecule has 0 saturated carbocycles. The van der Waals surface area contributed by atoms with E-state index in [0.29, 0.717) is 34.6 Å². The van der Waals surface area contributed by atoms with Gasteiger partial charge in [0.25, 0.3) is 5.91 Å². The lowest BCUT2D eigenvalue weighted by molar-refractivity contribution is 0.0786. The van der Waals surface area contributed by atoms with Crippen molar-refractivity contribution in [1.29, 1.82) is 0 Å². The maximum atomic E-state index is 12.4. The van der Waals surface area contributed by atoms with Crippen LogP contribution < -0.4 is 5.73 Å². The molecule has 1 aliphatic heterocycles. The number of amides is 1. The normalized spacial score (nSPS) is 21.1. The van der Waals surface area contributed by atoms with Crippen molar-refractivity contribution in [2.24, 2.45) is 11.7 Å². The minimum absolute atomic E-state index is 0.101. The number of halogens is 2. The van der Waals surface area contributed by atoms with Crippen molar-refractivity contribution in [2.45, 2.75) is 19.4 Å². The zero-order chi connectivity index (χ0) is 13.3. The first kappa shape index (κ1) is 13.7. The molecular weight excluding hydrogens is 271 g/mol. The van der Waals surface area contributed by atoms with Crippen LogP contribution in [0.3, 0.4) is 0 Å². The van der Waals surface area contributed by atoms with Crippen molar-refractivity contribution in [3.63, 3.8) is 0 Å². The van der Waals surface area contributed by atoms with Gasteiger partial charge in [-0.3, -0.25) is 4.79 Å². The molecule has 18 heavy (non-hydrogen) atoms. The fraction of sp³-hybridized carbons (Fsp3) is 0.462. The Kier molecular flexibility index (Phi) is 4.15. The third-order valence-corrected chi connectivity index (χ3v) is 4.06. The molecule has 1 heterocycles. The van der Waals surface area contributed by atoms with Gasteiger partial charge in [0.05, 0.1) is 15.6 Å². The summed E-state index contributed by atoms with van der Waals surface area (Å²) in [6.07, 6.45) is 0.936. The van der Waals surface area contributed by atoms with Gasteiger partial charge in [-0.2, -0.15) is 0 Å². The molecule has 98 valence electrons. The number of benzene rings is 1. The summed E-state index contributed by atoms with van der Waals surface area (Å²) in [6.45, 7) is 3.37. The van der Waals surface area contributed by atoms with Crippen LogP contribution in [0, 0.1) is 5.92 Å². The highest BCUT2D eigenvalue weighted by Crippen LogP contribution is 2.28. The molecule has 1 aromatic rings. The van der Waals surface area contributed by atoms with Gasteiger partial charge in [0.2, 0.25) is 0 Å². The second-order valence-electron chi connectivity index (χ2n) is 4.76. The van der Waals surface area contributed by atoms with Crippen LogP contribution in [-0.2, 0) is 0 Å². The van der Waals surface area contributed by atoms with Crippen molar-refractivity contribution in [2.75, 3.05) is 13.1 Å². The van der Waals surface area contributed by atoms with Crippen molar-refractivity contribution in [3.05, 3.63) is 33.8 Å². The van der Waals surface area contributed by atoms with Crippen LogP contribution in [-0.4, -0.2) is 29.9 Å². The first-order valence-electron chi connectivity index (χ1n) is 5.99. The molecule has 1 saturated heterocycles. The van der Waals surface area contributed by atoms with Crippen LogP contribution in [0.5, 0.6) is 0 Å². The maximum Gasteiger partial charge on any atom is 0.256 e. The highest BCUT2D eigenvalue weighted by atomic mass is 35.5. The summed E-state index contributed by atoms with van der Waals surface area (Å²) in [7, 11) is 0. The fourth-order valence-electron chi connectivity index (χ4n) is 2.26. The second kappa shape index (κ2) is 5.47. The van der Waals surface area contributed by atoms with E-state index in [1.165, 1.54) is 0 Å². The fourth-order valence-corrected chi connectivity index (χ4v) is 2.82. The van der Waals surface area contributed by atoms with Gasteiger partial charge in [-0.1, -0.05) is 29.3 Å². The Morgan fingerprint density at radius 3 is 2.56 bits per heavy atom. The van der Waals surface area contributed by atoms with Gasteiger partial charge in [-0.05, 0) is 31.4 Å². The molecule has 2 unspecified atom stereocenters. The van der Waals surface area contributed by atoms with Gasteiger partial charge in [-0.15, -0.1) is 0 Å². The van der Waals surface area contributed by atoms with Crippen LogP contribution in [0.1, 0.15) is 23.7 Å². The van der Waals surface area contributed by atoms with Crippen LogP contribution in [0.4, 0.5) is 0 Å². The van der Waals surface area contributed by atoms with Crippen LogP contribution in [0.2, 0.25) is 10.0 Å². The smallest absolute Gasteiger partial charge is 0.256 e. The summed E-state index contributed by atoms with van der Waals surface area (Å²) in [5.74, 6) is 0.254. The van der Waals surface area contributed by atoms with Gasteiger partial charge in [0.15, 0.2) is 0 Å².